The Labute approximate surface area is 228 Å². The van der Waals surface area contributed by atoms with E-state index >= 15 is 4.39 Å². The van der Waals surface area contributed by atoms with Crippen LogP contribution >= 0.6 is 11.8 Å². The van der Waals surface area contributed by atoms with E-state index in [0.29, 0.717) is 0 Å². The summed E-state index contributed by atoms with van der Waals surface area (Å²) >= 11 is 1.70. The number of aliphatic imine (C=N–C) groups is 1. The molecule has 5 heteroatoms. The number of hydrogen-bond donors (Lipinski definition) is 2. The number of benzene rings is 3. The summed E-state index contributed by atoms with van der Waals surface area (Å²) in [7, 11) is 0. The quantitative estimate of drug-likeness (QED) is 0.345. The Morgan fingerprint density at radius 1 is 0.921 bits per heavy atom. The molecule has 4 bridgehead atoms. The number of nitrogens with one attached hydrogen (secondary N) is 1. The molecule has 4 fully saturated rings. The molecule has 4 aliphatic carbocycles. The first-order valence-corrected chi connectivity index (χ1v) is 14.7. The number of rotatable bonds is 6. The highest BCUT2D eigenvalue weighted by Crippen LogP contribution is 2.62. The topological polar surface area (TPSA) is 44.6 Å². The average molecular weight is 525 g/mol. The van der Waals surface area contributed by atoms with Gasteiger partial charge in [-0.2, -0.15) is 0 Å². The molecule has 0 spiro atoms. The van der Waals surface area contributed by atoms with Gasteiger partial charge in [-0.25, -0.2) is 4.39 Å². The van der Waals surface area contributed by atoms with Crippen LogP contribution in [0.25, 0.3) is 17.2 Å². The van der Waals surface area contributed by atoms with Crippen molar-refractivity contribution in [2.24, 2.45) is 22.7 Å². The van der Waals surface area contributed by atoms with Crippen LogP contribution in [0.1, 0.15) is 55.2 Å². The van der Waals surface area contributed by atoms with Crippen LogP contribution in [0.2, 0.25) is 0 Å². The fraction of sp³-hybridized carbons (Fsp3) is 0.364. The molecule has 5 aliphatic rings. The van der Waals surface area contributed by atoms with Gasteiger partial charge in [-0.3, -0.25) is 10.3 Å². The molecule has 1 atom stereocenters. The van der Waals surface area contributed by atoms with Crippen LogP contribution in [0, 0.1) is 23.6 Å². The second kappa shape index (κ2) is 9.69. The van der Waals surface area contributed by atoms with E-state index in [1.165, 1.54) is 30.9 Å². The van der Waals surface area contributed by atoms with Crippen LogP contribution < -0.4 is 5.32 Å². The summed E-state index contributed by atoms with van der Waals surface area (Å²) in [6.07, 6.45) is 11.3. The number of halogens is 1. The summed E-state index contributed by atoms with van der Waals surface area (Å²) in [6.45, 7) is 0.775. The summed E-state index contributed by atoms with van der Waals surface area (Å²) < 4.78 is 15.2. The van der Waals surface area contributed by atoms with Crippen molar-refractivity contribution in [3.05, 3.63) is 94.1 Å². The van der Waals surface area contributed by atoms with E-state index in [4.69, 9.17) is 0 Å². The van der Waals surface area contributed by atoms with Gasteiger partial charge < -0.3 is 5.11 Å². The molecule has 194 valence electrons. The van der Waals surface area contributed by atoms with E-state index in [-0.39, 0.29) is 16.7 Å². The zero-order valence-electron chi connectivity index (χ0n) is 21.4. The Kier molecular flexibility index (Phi) is 6.17. The molecular formula is C33H33FN2OS. The Bertz CT molecular complexity index is 1380. The molecule has 3 aromatic carbocycles. The number of allylic oxidation sites excluding steroid dienone is 1. The molecule has 0 amide bonds. The van der Waals surface area contributed by atoms with Crippen molar-refractivity contribution in [2.75, 3.05) is 0 Å². The maximum absolute atomic E-state index is 15.2. The fourth-order valence-electron chi connectivity index (χ4n) is 7.88. The summed E-state index contributed by atoms with van der Waals surface area (Å²) in [6, 6.07) is 22.2. The van der Waals surface area contributed by atoms with Gasteiger partial charge in [0.25, 0.3) is 0 Å². The minimum Gasteiger partial charge on any atom is -0.505 e. The molecule has 0 radical (unpaired) electrons. The van der Waals surface area contributed by atoms with E-state index in [1.807, 2.05) is 36.5 Å². The molecule has 4 saturated carbocycles. The van der Waals surface area contributed by atoms with Gasteiger partial charge >= 0.3 is 0 Å². The number of phenolic OH excluding ortho intramolecular Hbond substituents is 1. The third-order valence-corrected chi connectivity index (χ3v) is 10.1. The van der Waals surface area contributed by atoms with Gasteiger partial charge in [0.2, 0.25) is 0 Å². The van der Waals surface area contributed by atoms with Crippen molar-refractivity contribution < 1.29 is 9.50 Å². The van der Waals surface area contributed by atoms with Crippen molar-refractivity contribution in [3.8, 4) is 16.9 Å². The number of thioether (sulfide) groups is 1. The molecule has 38 heavy (non-hydrogen) atoms. The lowest BCUT2D eigenvalue weighted by molar-refractivity contribution is -0.00632. The largest absolute Gasteiger partial charge is 0.505 e. The SMILES string of the molecule is Oc1c(F)cc(-c2cccc(C=C3C=NC(NCc4ccccc4)S3)c2)cc1C12CC3CC(CC(C3)C1)C2. The lowest BCUT2D eigenvalue weighted by atomic mass is 9.48. The summed E-state index contributed by atoms with van der Waals surface area (Å²) in [5, 5.41) is 14.4. The highest BCUT2D eigenvalue weighted by Gasteiger charge is 2.52. The van der Waals surface area contributed by atoms with Crippen LogP contribution in [-0.2, 0) is 12.0 Å². The molecule has 2 N–H and O–H groups in total. The van der Waals surface area contributed by atoms with Crippen molar-refractivity contribution in [1.29, 1.82) is 0 Å². The average Bonchev–Trinajstić information content (AvgIpc) is 3.36. The van der Waals surface area contributed by atoms with E-state index in [1.54, 1.807) is 11.8 Å². The third-order valence-electron chi connectivity index (χ3n) is 9.11. The van der Waals surface area contributed by atoms with E-state index < -0.39 is 5.82 Å². The summed E-state index contributed by atoms with van der Waals surface area (Å²) in [5.41, 5.74) is 4.91. The van der Waals surface area contributed by atoms with Crippen LogP contribution in [0.4, 0.5) is 4.39 Å². The normalized spacial score (nSPS) is 30.4. The number of nitrogens with zero attached hydrogens (tertiary/aromatic N) is 1. The molecule has 1 heterocycles. The molecule has 8 rings (SSSR count). The van der Waals surface area contributed by atoms with Gasteiger partial charge in [-0.1, -0.05) is 60.3 Å². The predicted octanol–water partition coefficient (Wildman–Crippen LogP) is 7.90. The Morgan fingerprint density at radius 2 is 1.66 bits per heavy atom. The van der Waals surface area contributed by atoms with Crippen LogP contribution in [0.15, 0.2) is 76.6 Å². The number of aromatic hydroxyl groups is 1. The van der Waals surface area contributed by atoms with Gasteiger partial charge in [-0.05, 0) is 108 Å². The minimum atomic E-state index is -0.497. The van der Waals surface area contributed by atoms with Gasteiger partial charge in [0.15, 0.2) is 17.1 Å². The summed E-state index contributed by atoms with van der Waals surface area (Å²) in [4.78, 5) is 5.71. The standard InChI is InChI=1S/C33H33FN2OS/c34-30-15-27(14-29(31(30)37)33-16-23-9-24(17-33)11-25(10-23)18-33)26-8-4-7-22(12-26)13-28-20-36-32(38-28)35-19-21-5-2-1-3-6-21/h1-8,12-15,20,23-25,32,35,37H,9-11,16-19H2. The minimum absolute atomic E-state index is 0.00123. The van der Waals surface area contributed by atoms with Gasteiger partial charge in [0, 0.05) is 23.2 Å². The van der Waals surface area contributed by atoms with Gasteiger partial charge in [-0.15, -0.1) is 0 Å². The summed E-state index contributed by atoms with van der Waals surface area (Å²) in [5.74, 6) is 1.58. The highest BCUT2D eigenvalue weighted by molar-refractivity contribution is 8.04. The Balaban J connectivity index is 1.12. The second-order valence-corrected chi connectivity index (χ2v) is 13.0. The van der Waals surface area contributed by atoms with Crippen molar-refractivity contribution in [2.45, 2.75) is 56.0 Å². The van der Waals surface area contributed by atoms with Crippen molar-refractivity contribution in [3.63, 3.8) is 0 Å². The number of phenols is 1. The van der Waals surface area contributed by atoms with E-state index in [0.717, 1.165) is 70.7 Å². The Hall–Kier alpha value is -2.89. The lowest BCUT2D eigenvalue weighted by Gasteiger charge is -2.57. The molecule has 0 aromatic heterocycles. The van der Waals surface area contributed by atoms with Gasteiger partial charge in [0.05, 0.1) is 0 Å². The van der Waals surface area contributed by atoms with Crippen LogP contribution in [0.3, 0.4) is 0 Å². The second-order valence-electron chi connectivity index (χ2n) is 11.8. The number of hydrogen-bond acceptors (Lipinski definition) is 4. The van der Waals surface area contributed by atoms with Gasteiger partial charge in [0.1, 0.15) is 0 Å². The highest BCUT2D eigenvalue weighted by atomic mass is 32.2. The monoisotopic (exact) mass is 524 g/mol. The van der Waals surface area contributed by atoms with Crippen LogP contribution in [-0.4, -0.2) is 16.8 Å². The molecule has 1 unspecified atom stereocenters. The maximum Gasteiger partial charge on any atom is 0.165 e. The van der Waals surface area contributed by atoms with Crippen LogP contribution in [0.5, 0.6) is 5.75 Å². The molecule has 1 aliphatic heterocycles. The smallest absolute Gasteiger partial charge is 0.165 e. The Morgan fingerprint density at radius 3 is 2.39 bits per heavy atom. The molecule has 3 aromatic rings. The van der Waals surface area contributed by atoms with Crippen molar-refractivity contribution in [1.82, 2.24) is 5.32 Å². The first kappa shape index (κ1) is 24.2. The van der Waals surface area contributed by atoms with E-state index in [2.05, 4.69) is 46.7 Å². The first-order chi connectivity index (χ1) is 18.5. The zero-order valence-corrected chi connectivity index (χ0v) is 22.3. The first-order valence-electron chi connectivity index (χ1n) is 13.9. The van der Waals surface area contributed by atoms with E-state index in [9.17, 15) is 5.11 Å². The maximum atomic E-state index is 15.2. The molecule has 3 nitrogen and oxygen atoms in total. The third kappa shape index (κ3) is 4.60. The fourth-order valence-corrected chi connectivity index (χ4v) is 8.75. The lowest BCUT2D eigenvalue weighted by Crippen LogP contribution is -2.48. The molecular weight excluding hydrogens is 491 g/mol. The predicted molar refractivity (Wildman–Crippen MR) is 154 cm³/mol. The zero-order chi connectivity index (χ0) is 25.7. The van der Waals surface area contributed by atoms with Crippen molar-refractivity contribution >= 4 is 24.1 Å². The molecule has 0 saturated heterocycles.